The van der Waals surface area contributed by atoms with Crippen molar-refractivity contribution in [1.82, 2.24) is 24.6 Å². The van der Waals surface area contributed by atoms with Gasteiger partial charge in [0.2, 0.25) is 0 Å². The molecule has 2 N–H and O–H groups in total. The Morgan fingerprint density at radius 2 is 1.72 bits per heavy atom. The van der Waals surface area contributed by atoms with Crippen LogP contribution in [-0.2, 0) is 19.7 Å². The van der Waals surface area contributed by atoms with Gasteiger partial charge in [-0.15, -0.1) is 0 Å². The van der Waals surface area contributed by atoms with Gasteiger partial charge in [-0.25, -0.2) is 9.07 Å². The molecule has 5 aromatic rings. The molecule has 0 amide bonds. The Bertz CT molecular complexity index is 1870. The van der Waals surface area contributed by atoms with E-state index in [9.17, 15) is 14.3 Å². The van der Waals surface area contributed by atoms with Crippen molar-refractivity contribution < 1.29 is 14.2 Å². The van der Waals surface area contributed by atoms with Crippen molar-refractivity contribution in [2.45, 2.75) is 25.9 Å². The number of ether oxygens (including phenoxy) is 1. The third-order valence-electron chi connectivity index (χ3n) is 7.37. The predicted molar refractivity (Wildman–Crippen MR) is 163 cm³/mol. The summed E-state index contributed by atoms with van der Waals surface area (Å²) in [7, 11) is 1.91. The van der Waals surface area contributed by atoms with E-state index in [0.29, 0.717) is 53.9 Å². The molecule has 3 aromatic carbocycles. The van der Waals surface area contributed by atoms with Crippen LogP contribution in [0.4, 0.5) is 4.39 Å². The number of hydrogen-bond acceptors (Lipinski definition) is 6. The highest BCUT2D eigenvalue weighted by Gasteiger charge is 2.26. The summed E-state index contributed by atoms with van der Waals surface area (Å²) in [6, 6.07) is 27.4. The molecule has 1 unspecified atom stereocenters. The summed E-state index contributed by atoms with van der Waals surface area (Å²) in [5.74, 6) is 0.388. The minimum Gasteiger partial charge on any atom is -0.489 e. The van der Waals surface area contributed by atoms with Crippen molar-refractivity contribution in [3.63, 3.8) is 0 Å². The number of likely N-dealkylation sites (N-methyl/N-ethyl adjacent to an activating group) is 1. The van der Waals surface area contributed by atoms with Gasteiger partial charge in [-0.05, 0) is 72.3 Å². The molecular weight excluding hydrogens is 545 g/mol. The topological polar surface area (TPSA) is 86.6 Å². The first kappa shape index (κ1) is 28.1. The number of aliphatic hydroxyl groups is 1. The van der Waals surface area contributed by atoms with E-state index in [4.69, 9.17) is 4.74 Å². The van der Waals surface area contributed by atoms with Crippen molar-refractivity contribution in [1.29, 1.82) is 0 Å². The average molecular weight is 578 g/mol. The SMILES string of the molecule is CN(CC1=c2c([nH]n(-c3ccc(OCc4ccccc4)cc3)c2=O)=CC(O)N1Cc1cccnc1)Cc1cccc(F)c1. The Morgan fingerprint density at radius 3 is 2.47 bits per heavy atom. The molecule has 1 atom stereocenters. The minimum absolute atomic E-state index is 0.235. The Morgan fingerprint density at radius 1 is 0.953 bits per heavy atom. The van der Waals surface area contributed by atoms with Gasteiger partial charge in [-0.1, -0.05) is 48.5 Å². The highest BCUT2D eigenvalue weighted by molar-refractivity contribution is 5.52. The molecule has 2 aromatic heterocycles. The first-order valence-electron chi connectivity index (χ1n) is 14.0. The van der Waals surface area contributed by atoms with E-state index in [1.54, 1.807) is 24.5 Å². The number of halogens is 1. The zero-order valence-electron chi connectivity index (χ0n) is 23.7. The van der Waals surface area contributed by atoms with E-state index in [-0.39, 0.29) is 11.4 Å². The van der Waals surface area contributed by atoms with Crippen molar-refractivity contribution >= 4 is 11.8 Å². The summed E-state index contributed by atoms with van der Waals surface area (Å²) in [6.07, 6.45) is 4.11. The number of aromatic nitrogens is 3. The van der Waals surface area contributed by atoms with E-state index < -0.39 is 6.23 Å². The lowest BCUT2D eigenvalue weighted by molar-refractivity contribution is 0.0879. The highest BCUT2D eigenvalue weighted by Crippen LogP contribution is 2.19. The van der Waals surface area contributed by atoms with Gasteiger partial charge in [0.05, 0.1) is 16.3 Å². The third kappa shape index (κ3) is 6.43. The Balaban J connectivity index is 1.34. The maximum atomic E-state index is 14.0. The second-order valence-electron chi connectivity index (χ2n) is 10.6. The van der Waals surface area contributed by atoms with Gasteiger partial charge >= 0.3 is 0 Å². The van der Waals surface area contributed by atoms with Crippen LogP contribution in [-0.4, -0.2) is 49.5 Å². The maximum Gasteiger partial charge on any atom is 0.280 e. The summed E-state index contributed by atoms with van der Waals surface area (Å²) < 4.78 is 21.3. The molecular formula is C34H32FN5O3. The number of H-pyrrole nitrogens is 1. The van der Waals surface area contributed by atoms with E-state index in [0.717, 1.165) is 16.7 Å². The molecule has 0 bridgehead atoms. The molecule has 9 heteroatoms. The molecule has 1 aliphatic rings. The molecule has 1 aliphatic heterocycles. The number of benzene rings is 3. The molecule has 0 spiro atoms. The van der Waals surface area contributed by atoms with Gasteiger partial charge in [0, 0.05) is 37.7 Å². The molecule has 43 heavy (non-hydrogen) atoms. The fourth-order valence-electron chi connectivity index (χ4n) is 5.32. The van der Waals surface area contributed by atoms with Gasteiger partial charge in [0.15, 0.2) is 0 Å². The smallest absolute Gasteiger partial charge is 0.280 e. The van der Waals surface area contributed by atoms with Gasteiger partial charge < -0.3 is 14.7 Å². The molecule has 0 radical (unpaired) electrons. The summed E-state index contributed by atoms with van der Waals surface area (Å²) in [4.78, 5) is 22.0. The number of nitrogens with zero attached hydrogens (tertiary/aromatic N) is 4. The fourth-order valence-corrected chi connectivity index (χ4v) is 5.32. The van der Waals surface area contributed by atoms with Crippen LogP contribution < -0.4 is 20.9 Å². The van der Waals surface area contributed by atoms with Crippen LogP contribution in [0.2, 0.25) is 0 Å². The number of rotatable bonds is 10. The number of aliphatic hydroxyl groups excluding tert-OH is 1. The summed E-state index contributed by atoms with van der Waals surface area (Å²) in [5, 5.41) is 15.5. The van der Waals surface area contributed by atoms with Crippen LogP contribution >= 0.6 is 0 Å². The maximum absolute atomic E-state index is 14.0. The second kappa shape index (κ2) is 12.5. The largest absolute Gasteiger partial charge is 0.489 e. The van der Waals surface area contributed by atoms with Crippen LogP contribution in [0.5, 0.6) is 5.75 Å². The fraction of sp³-hybridized carbons (Fsp3) is 0.176. The van der Waals surface area contributed by atoms with Crippen LogP contribution in [0.15, 0.2) is 108 Å². The minimum atomic E-state index is -0.981. The Labute approximate surface area is 248 Å². The first-order valence-corrected chi connectivity index (χ1v) is 14.0. The van der Waals surface area contributed by atoms with Gasteiger partial charge in [-0.3, -0.25) is 19.8 Å². The third-order valence-corrected chi connectivity index (χ3v) is 7.37. The summed E-state index contributed by atoms with van der Waals surface area (Å²) in [5.41, 5.74) is 3.84. The number of pyridine rings is 1. The highest BCUT2D eigenvalue weighted by atomic mass is 19.1. The molecule has 218 valence electrons. The zero-order chi connectivity index (χ0) is 29.8. The number of hydrogen-bond donors (Lipinski definition) is 2. The van der Waals surface area contributed by atoms with E-state index in [1.165, 1.54) is 16.8 Å². The van der Waals surface area contributed by atoms with Crippen molar-refractivity contribution in [2.75, 3.05) is 13.6 Å². The van der Waals surface area contributed by atoms with E-state index in [1.807, 2.05) is 89.6 Å². The molecule has 0 fully saturated rings. The van der Waals surface area contributed by atoms with Gasteiger partial charge in [0.1, 0.15) is 24.4 Å². The molecule has 0 saturated heterocycles. The number of aromatic amines is 1. The van der Waals surface area contributed by atoms with Gasteiger partial charge in [0.25, 0.3) is 5.56 Å². The zero-order valence-corrected chi connectivity index (χ0v) is 23.7. The summed E-state index contributed by atoms with van der Waals surface area (Å²) >= 11 is 0. The second-order valence-corrected chi connectivity index (χ2v) is 10.6. The lowest BCUT2D eigenvalue weighted by Gasteiger charge is -2.34. The van der Waals surface area contributed by atoms with Crippen LogP contribution in [0.25, 0.3) is 17.5 Å². The summed E-state index contributed by atoms with van der Waals surface area (Å²) in [6.45, 7) is 1.60. The lowest BCUT2D eigenvalue weighted by atomic mass is 10.1. The standard InChI is InChI=1S/C34H32FN5O3/c1-38(20-25-9-5-11-27(35)17-25)22-31-33-30(18-32(41)39(31)21-26-10-6-16-36-19-26)37-40(34(33)42)28-12-14-29(15-13-28)43-23-24-7-3-2-4-8-24/h2-19,32,37,41H,20-23H2,1H3. The number of fused-ring (bicyclic) bond motifs is 1. The van der Waals surface area contributed by atoms with Crippen LogP contribution in [0.1, 0.15) is 16.7 Å². The van der Waals surface area contributed by atoms with Crippen LogP contribution in [0.3, 0.4) is 0 Å². The molecule has 8 nitrogen and oxygen atoms in total. The molecule has 6 rings (SSSR count). The monoisotopic (exact) mass is 577 g/mol. The molecule has 3 heterocycles. The predicted octanol–water partition coefficient (Wildman–Crippen LogP) is 3.13. The Kier molecular flexibility index (Phi) is 8.17. The quantitative estimate of drug-likeness (QED) is 0.265. The average Bonchev–Trinajstić information content (AvgIpc) is 3.34. The normalized spacial score (nSPS) is 14.5. The first-order chi connectivity index (χ1) is 20.9. The van der Waals surface area contributed by atoms with Crippen LogP contribution in [0, 0.1) is 5.82 Å². The van der Waals surface area contributed by atoms with E-state index in [2.05, 4.69) is 10.1 Å². The van der Waals surface area contributed by atoms with Crippen molar-refractivity contribution in [3.05, 3.63) is 147 Å². The van der Waals surface area contributed by atoms with Crippen molar-refractivity contribution in [3.8, 4) is 11.4 Å². The van der Waals surface area contributed by atoms with Gasteiger partial charge in [-0.2, -0.15) is 0 Å². The number of nitrogens with one attached hydrogen (secondary N) is 1. The lowest BCUT2D eigenvalue weighted by Crippen LogP contribution is -2.51. The Hall–Kier alpha value is -4.99. The molecule has 0 saturated carbocycles. The van der Waals surface area contributed by atoms with E-state index >= 15 is 0 Å². The molecule has 0 aliphatic carbocycles. The van der Waals surface area contributed by atoms with Crippen molar-refractivity contribution in [2.24, 2.45) is 0 Å².